The second-order valence-electron chi connectivity index (χ2n) is 5.24. The average molecular weight is 278 g/mol. The van der Waals surface area contributed by atoms with Crippen molar-refractivity contribution in [1.82, 2.24) is 4.90 Å². The number of piperidine rings is 1. The molecule has 0 spiro atoms. The Hall–Kier alpha value is -1.00. The number of hydrogen-bond acceptors (Lipinski definition) is 3. The van der Waals surface area contributed by atoms with Crippen LogP contribution in [0.2, 0.25) is 0 Å². The number of aryl methyl sites for hydroxylation is 1. The molecule has 1 saturated heterocycles. The predicted octanol–water partition coefficient (Wildman–Crippen LogP) is 2.43. The summed E-state index contributed by atoms with van der Waals surface area (Å²) < 4.78 is 0. The van der Waals surface area contributed by atoms with Gasteiger partial charge in [0.05, 0.1) is 5.25 Å². The molecule has 0 aromatic heterocycles. The van der Waals surface area contributed by atoms with Crippen molar-refractivity contribution in [3.05, 3.63) is 29.8 Å². The van der Waals surface area contributed by atoms with E-state index in [-0.39, 0.29) is 17.2 Å². The molecule has 1 aromatic rings. The third-order valence-electron chi connectivity index (χ3n) is 3.50. The van der Waals surface area contributed by atoms with Gasteiger partial charge in [-0.05, 0) is 38.8 Å². The fourth-order valence-corrected chi connectivity index (χ4v) is 3.39. The Labute approximate surface area is 119 Å². The number of thioether (sulfide) groups is 1. The summed E-state index contributed by atoms with van der Waals surface area (Å²) >= 11 is 1.64. The fraction of sp³-hybridized carbons (Fsp3) is 0.533. The van der Waals surface area contributed by atoms with Crippen LogP contribution in [-0.2, 0) is 4.79 Å². The van der Waals surface area contributed by atoms with Crippen LogP contribution in [0.3, 0.4) is 0 Å². The molecule has 4 heteroatoms. The maximum Gasteiger partial charge on any atom is 0.235 e. The Morgan fingerprint density at radius 1 is 1.42 bits per heavy atom. The minimum atomic E-state index is -0.0314. The second-order valence-corrected chi connectivity index (χ2v) is 6.65. The van der Waals surface area contributed by atoms with Crippen molar-refractivity contribution in [2.45, 2.75) is 42.9 Å². The van der Waals surface area contributed by atoms with E-state index in [4.69, 9.17) is 5.73 Å². The van der Waals surface area contributed by atoms with Crippen molar-refractivity contribution in [3.63, 3.8) is 0 Å². The molecule has 1 aliphatic heterocycles. The van der Waals surface area contributed by atoms with Gasteiger partial charge in [-0.3, -0.25) is 4.79 Å². The van der Waals surface area contributed by atoms with Crippen LogP contribution in [0, 0.1) is 6.92 Å². The Morgan fingerprint density at radius 3 is 2.74 bits per heavy atom. The molecule has 1 fully saturated rings. The van der Waals surface area contributed by atoms with Crippen molar-refractivity contribution in [2.24, 2.45) is 5.73 Å². The second kappa shape index (κ2) is 6.44. The van der Waals surface area contributed by atoms with Crippen LogP contribution >= 0.6 is 11.8 Å². The molecule has 0 aliphatic carbocycles. The molecular formula is C15H22N2OS. The molecule has 0 radical (unpaired) electrons. The Bertz CT molecular complexity index is 442. The summed E-state index contributed by atoms with van der Waals surface area (Å²) in [6.07, 6.45) is 1.85. The lowest BCUT2D eigenvalue weighted by Crippen LogP contribution is -2.45. The summed E-state index contributed by atoms with van der Waals surface area (Å²) in [5.41, 5.74) is 7.10. The number of likely N-dealkylation sites (tertiary alicyclic amines) is 1. The molecule has 0 saturated carbocycles. The van der Waals surface area contributed by atoms with Gasteiger partial charge in [-0.2, -0.15) is 0 Å². The molecule has 0 bridgehead atoms. The fourth-order valence-electron chi connectivity index (χ4n) is 2.32. The van der Waals surface area contributed by atoms with Crippen molar-refractivity contribution in [3.8, 4) is 0 Å². The zero-order valence-electron chi connectivity index (χ0n) is 11.6. The lowest BCUT2D eigenvalue weighted by atomic mass is 10.1. The monoisotopic (exact) mass is 278 g/mol. The first-order valence-corrected chi connectivity index (χ1v) is 7.72. The van der Waals surface area contributed by atoms with E-state index in [0.717, 1.165) is 30.8 Å². The molecule has 1 atom stereocenters. The van der Waals surface area contributed by atoms with Crippen molar-refractivity contribution in [1.29, 1.82) is 0 Å². The molecule has 1 aliphatic rings. The molecule has 2 N–H and O–H groups in total. The summed E-state index contributed by atoms with van der Waals surface area (Å²) in [6.45, 7) is 5.67. The summed E-state index contributed by atoms with van der Waals surface area (Å²) in [6, 6.07) is 8.56. The lowest BCUT2D eigenvalue weighted by molar-refractivity contribution is -0.131. The van der Waals surface area contributed by atoms with Crippen molar-refractivity contribution in [2.75, 3.05) is 13.1 Å². The first-order valence-electron chi connectivity index (χ1n) is 6.84. The summed E-state index contributed by atoms with van der Waals surface area (Å²) in [5, 5.41) is -0.0314. The van der Waals surface area contributed by atoms with Crippen molar-refractivity contribution >= 4 is 17.7 Å². The largest absolute Gasteiger partial charge is 0.342 e. The summed E-state index contributed by atoms with van der Waals surface area (Å²) in [4.78, 5) is 15.5. The van der Waals surface area contributed by atoms with Gasteiger partial charge in [0.25, 0.3) is 0 Å². The highest BCUT2D eigenvalue weighted by molar-refractivity contribution is 8.00. The first kappa shape index (κ1) is 14.4. The predicted molar refractivity (Wildman–Crippen MR) is 80.3 cm³/mol. The number of amides is 1. The molecule has 3 nitrogen and oxygen atoms in total. The van der Waals surface area contributed by atoms with Gasteiger partial charge >= 0.3 is 0 Å². The molecule has 1 aromatic carbocycles. The number of nitrogens with two attached hydrogens (primary N) is 1. The number of carbonyl (C=O) groups excluding carboxylic acids is 1. The third-order valence-corrected chi connectivity index (χ3v) is 4.58. The molecule has 19 heavy (non-hydrogen) atoms. The Balaban J connectivity index is 1.92. The van der Waals surface area contributed by atoms with E-state index in [1.54, 1.807) is 11.8 Å². The normalized spacial score (nSPS) is 18.4. The minimum absolute atomic E-state index is 0.0314. The topological polar surface area (TPSA) is 46.3 Å². The maximum absolute atomic E-state index is 12.4. The van der Waals surface area contributed by atoms with E-state index in [1.807, 2.05) is 17.9 Å². The van der Waals surface area contributed by atoms with Gasteiger partial charge in [0.15, 0.2) is 0 Å². The van der Waals surface area contributed by atoms with Crippen LogP contribution in [0.15, 0.2) is 29.2 Å². The highest BCUT2D eigenvalue weighted by Gasteiger charge is 2.25. The van der Waals surface area contributed by atoms with Crippen LogP contribution in [-0.4, -0.2) is 35.2 Å². The van der Waals surface area contributed by atoms with Crippen LogP contribution < -0.4 is 5.73 Å². The number of carbonyl (C=O) groups is 1. The van der Waals surface area contributed by atoms with E-state index >= 15 is 0 Å². The quantitative estimate of drug-likeness (QED) is 0.864. The standard InChI is InChI=1S/C15H22N2OS/c1-11-4-3-5-14(10-11)19-12(2)15(18)17-8-6-13(16)7-9-17/h3-5,10,12-13H,6-9,16H2,1-2H3. The summed E-state index contributed by atoms with van der Waals surface area (Å²) in [7, 11) is 0. The van der Waals surface area contributed by atoms with E-state index in [2.05, 4.69) is 25.1 Å². The number of nitrogens with zero attached hydrogens (tertiary/aromatic N) is 1. The van der Waals surface area contributed by atoms with Gasteiger partial charge in [0.2, 0.25) is 5.91 Å². The molecule has 104 valence electrons. The minimum Gasteiger partial charge on any atom is -0.342 e. The first-order chi connectivity index (χ1) is 9.06. The molecule has 2 rings (SSSR count). The zero-order chi connectivity index (χ0) is 13.8. The lowest BCUT2D eigenvalue weighted by Gasteiger charge is -2.31. The van der Waals surface area contributed by atoms with E-state index in [0.29, 0.717) is 0 Å². The number of benzene rings is 1. The van der Waals surface area contributed by atoms with Crippen LogP contribution in [0.25, 0.3) is 0 Å². The smallest absolute Gasteiger partial charge is 0.235 e. The average Bonchev–Trinajstić information content (AvgIpc) is 2.39. The third kappa shape index (κ3) is 3.98. The molecular weight excluding hydrogens is 256 g/mol. The van der Waals surface area contributed by atoms with E-state index in [1.165, 1.54) is 5.56 Å². The summed E-state index contributed by atoms with van der Waals surface area (Å²) in [5.74, 6) is 0.235. The number of rotatable bonds is 3. The SMILES string of the molecule is Cc1cccc(SC(C)C(=O)N2CCC(N)CC2)c1. The van der Waals surface area contributed by atoms with E-state index in [9.17, 15) is 4.79 Å². The van der Waals surface area contributed by atoms with Gasteiger partial charge < -0.3 is 10.6 Å². The van der Waals surface area contributed by atoms with Gasteiger partial charge in [-0.15, -0.1) is 11.8 Å². The van der Waals surface area contributed by atoms with Crippen LogP contribution in [0.1, 0.15) is 25.3 Å². The Kier molecular flexibility index (Phi) is 4.88. The van der Waals surface area contributed by atoms with Crippen LogP contribution in [0.4, 0.5) is 0 Å². The van der Waals surface area contributed by atoms with Gasteiger partial charge in [-0.25, -0.2) is 0 Å². The molecule has 1 amide bonds. The van der Waals surface area contributed by atoms with E-state index < -0.39 is 0 Å². The molecule has 1 unspecified atom stereocenters. The highest BCUT2D eigenvalue weighted by atomic mass is 32.2. The van der Waals surface area contributed by atoms with Gasteiger partial charge in [-0.1, -0.05) is 17.7 Å². The Morgan fingerprint density at radius 2 is 2.11 bits per heavy atom. The number of hydrogen-bond donors (Lipinski definition) is 1. The molecule has 1 heterocycles. The van der Waals surface area contributed by atoms with Gasteiger partial charge in [0.1, 0.15) is 0 Å². The zero-order valence-corrected chi connectivity index (χ0v) is 12.5. The maximum atomic E-state index is 12.4. The van der Waals surface area contributed by atoms with Gasteiger partial charge in [0, 0.05) is 24.0 Å². The van der Waals surface area contributed by atoms with Crippen molar-refractivity contribution < 1.29 is 4.79 Å². The van der Waals surface area contributed by atoms with Crippen LogP contribution in [0.5, 0.6) is 0 Å². The highest BCUT2D eigenvalue weighted by Crippen LogP contribution is 2.26.